The van der Waals surface area contributed by atoms with E-state index >= 15 is 0 Å². The summed E-state index contributed by atoms with van der Waals surface area (Å²) < 4.78 is 15.9. The number of hydrogen-bond donors (Lipinski definition) is 2. The second-order valence-corrected chi connectivity index (χ2v) is 6.11. The molecule has 2 N–H and O–H groups in total. The van der Waals surface area contributed by atoms with E-state index in [2.05, 4.69) is 5.32 Å². The summed E-state index contributed by atoms with van der Waals surface area (Å²) in [5, 5.41) is 12.0. The molecule has 0 bridgehead atoms. The summed E-state index contributed by atoms with van der Waals surface area (Å²) in [7, 11) is 3.16. The molecule has 0 radical (unpaired) electrons. The van der Waals surface area contributed by atoms with Crippen LogP contribution in [0.15, 0.2) is 18.2 Å². The minimum Gasteiger partial charge on any atom is -0.493 e. The highest BCUT2D eigenvalue weighted by Gasteiger charge is 2.41. The Hall–Kier alpha value is -2.28. The fraction of sp³-hybridized carbons (Fsp3) is 0.556. The van der Waals surface area contributed by atoms with Gasteiger partial charge in [-0.2, -0.15) is 0 Å². The highest BCUT2D eigenvalue weighted by Crippen LogP contribution is 2.35. The Morgan fingerprint density at radius 3 is 2.48 bits per heavy atom. The van der Waals surface area contributed by atoms with Gasteiger partial charge in [-0.25, -0.2) is 0 Å². The van der Waals surface area contributed by atoms with Gasteiger partial charge in [0.2, 0.25) is 5.91 Å². The van der Waals surface area contributed by atoms with Crippen molar-refractivity contribution in [1.82, 2.24) is 5.32 Å². The first-order chi connectivity index (χ1) is 12.0. The van der Waals surface area contributed by atoms with Crippen LogP contribution in [0, 0.1) is 11.8 Å². The normalized spacial score (nSPS) is 20.3. The molecule has 7 nitrogen and oxygen atoms in total. The van der Waals surface area contributed by atoms with Crippen molar-refractivity contribution in [1.29, 1.82) is 0 Å². The number of nitrogens with one attached hydrogen (secondary N) is 1. The molecule has 3 unspecified atom stereocenters. The van der Waals surface area contributed by atoms with Crippen LogP contribution in [0.2, 0.25) is 0 Å². The molecule has 0 aromatic heterocycles. The van der Waals surface area contributed by atoms with Crippen LogP contribution in [-0.2, 0) is 14.3 Å². The van der Waals surface area contributed by atoms with Crippen molar-refractivity contribution in [2.45, 2.75) is 25.8 Å². The second kappa shape index (κ2) is 8.71. The van der Waals surface area contributed by atoms with Gasteiger partial charge in [-0.1, -0.05) is 6.07 Å². The van der Waals surface area contributed by atoms with E-state index in [1.54, 1.807) is 20.3 Å². The number of rotatable bonds is 9. The number of carboxylic acids is 1. The second-order valence-electron chi connectivity index (χ2n) is 6.11. The zero-order chi connectivity index (χ0) is 18.4. The molecule has 0 heterocycles. The van der Waals surface area contributed by atoms with Crippen molar-refractivity contribution in [3.05, 3.63) is 23.8 Å². The van der Waals surface area contributed by atoms with Gasteiger partial charge in [0.05, 0.1) is 31.6 Å². The summed E-state index contributed by atoms with van der Waals surface area (Å²) in [6.45, 7) is 2.74. The molecule has 1 aromatic rings. The van der Waals surface area contributed by atoms with E-state index in [0.717, 1.165) is 5.56 Å². The highest BCUT2D eigenvalue weighted by molar-refractivity contribution is 5.86. The van der Waals surface area contributed by atoms with Gasteiger partial charge < -0.3 is 24.6 Å². The number of methoxy groups -OCH3 is 2. The standard InChI is InChI=1S/C18H25NO6/c1-11(19-17(20)13-5-6-14(13)18(21)22)12-4-7-15(16(10-12)24-3)25-9-8-23-2/h4,7,10-11,13-14H,5-6,8-9H2,1-3H3,(H,19,20)(H,21,22). The molecule has 0 spiro atoms. The average molecular weight is 351 g/mol. The molecule has 1 saturated carbocycles. The maximum atomic E-state index is 12.3. The summed E-state index contributed by atoms with van der Waals surface area (Å²) in [6, 6.07) is 5.19. The number of aliphatic carboxylic acids is 1. The van der Waals surface area contributed by atoms with E-state index in [1.807, 2.05) is 19.1 Å². The monoisotopic (exact) mass is 351 g/mol. The lowest BCUT2D eigenvalue weighted by atomic mass is 9.73. The van der Waals surface area contributed by atoms with Gasteiger partial charge in [0.1, 0.15) is 6.61 Å². The van der Waals surface area contributed by atoms with Crippen LogP contribution in [0.4, 0.5) is 0 Å². The SMILES string of the molecule is COCCOc1ccc(C(C)NC(=O)C2CCC2C(=O)O)cc1OC. The number of hydrogen-bond acceptors (Lipinski definition) is 5. The van der Waals surface area contributed by atoms with Crippen molar-refractivity contribution >= 4 is 11.9 Å². The first kappa shape index (κ1) is 19.1. The maximum Gasteiger partial charge on any atom is 0.307 e. The molecule has 0 aliphatic heterocycles. The third-order valence-corrected chi connectivity index (χ3v) is 4.52. The summed E-state index contributed by atoms with van der Waals surface area (Å²) >= 11 is 0. The molecule has 1 aliphatic rings. The lowest BCUT2D eigenvalue weighted by Crippen LogP contribution is -2.44. The van der Waals surface area contributed by atoms with Crippen LogP contribution in [0.5, 0.6) is 11.5 Å². The molecule has 138 valence electrons. The Kier molecular flexibility index (Phi) is 6.64. The molecule has 0 saturated heterocycles. The molecule has 25 heavy (non-hydrogen) atoms. The molecular formula is C18H25NO6. The van der Waals surface area contributed by atoms with Crippen LogP contribution in [-0.4, -0.2) is 44.4 Å². The van der Waals surface area contributed by atoms with Gasteiger partial charge >= 0.3 is 5.97 Å². The number of amides is 1. The molecular weight excluding hydrogens is 326 g/mol. The van der Waals surface area contributed by atoms with E-state index in [9.17, 15) is 9.59 Å². The summed E-state index contributed by atoms with van der Waals surface area (Å²) in [4.78, 5) is 23.3. The lowest BCUT2D eigenvalue weighted by molar-refractivity contribution is -0.152. The van der Waals surface area contributed by atoms with Gasteiger partial charge in [0, 0.05) is 7.11 Å². The molecule has 7 heteroatoms. The summed E-state index contributed by atoms with van der Waals surface area (Å²) in [6.07, 6.45) is 1.17. The van der Waals surface area contributed by atoms with Crippen LogP contribution in [0.1, 0.15) is 31.4 Å². The molecule has 3 atom stereocenters. The van der Waals surface area contributed by atoms with Crippen molar-refractivity contribution in [3.63, 3.8) is 0 Å². The van der Waals surface area contributed by atoms with E-state index < -0.39 is 17.8 Å². The van der Waals surface area contributed by atoms with Crippen molar-refractivity contribution in [2.24, 2.45) is 11.8 Å². The van der Waals surface area contributed by atoms with Gasteiger partial charge in [0.25, 0.3) is 0 Å². The predicted molar refractivity (Wildman–Crippen MR) is 90.8 cm³/mol. The van der Waals surface area contributed by atoms with E-state index in [-0.39, 0.29) is 11.9 Å². The Balaban J connectivity index is 2.00. The molecule has 1 fully saturated rings. The first-order valence-corrected chi connectivity index (χ1v) is 8.30. The topological polar surface area (TPSA) is 94.1 Å². The van der Waals surface area contributed by atoms with Crippen LogP contribution in [0.25, 0.3) is 0 Å². The number of carboxylic acid groups (broad SMARTS) is 1. The maximum absolute atomic E-state index is 12.3. The van der Waals surface area contributed by atoms with Crippen molar-refractivity contribution in [3.8, 4) is 11.5 Å². The zero-order valence-electron chi connectivity index (χ0n) is 14.8. The molecule has 2 rings (SSSR count). The fourth-order valence-electron chi connectivity index (χ4n) is 2.82. The smallest absolute Gasteiger partial charge is 0.307 e. The Morgan fingerprint density at radius 2 is 1.92 bits per heavy atom. The van der Waals surface area contributed by atoms with Crippen LogP contribution in [0.3, 0.4) is 0 Å². The fourth-order valence-corrected chi connectivity index (χ4v) is 2.82. The number of ether oxygens (including phenoxy) is 3. The van der Waals surface area contributed by atoms with E-state index in [1.165, 1.54) is 0 Å². The van der Waals surface area contributed by atoms with Crippen molar-refractivity contribution in [2.75, 3.05) is 27.4 Å². The summed E-state index contributed by atoms with van der Waals surface area (Å²) in [5.74, 6) is -0.964. The van der Waals surface area contributed by atoms with E-state index in [0.29, 0.717) is 37.6 Å². The minimum atomic E-state index is -0.904. The number of carbonyl (C=O) groups is 2. The number of carbonyl (C=O) groups excluding carboxylic acids is 1. The Bertz CT molecular complexity index is 618. The third-order valence-electron chi connectivity index (χ3n) is 4.52. The highest BCUT2D eigenvalue weighted by atomic mass is 16.5. The molecule has 1 aromatic carbocycles. The lowest BCUT2D eigenvalue weighted by Gasteiger charge is -2.33. The van der Waals surface area contributed by atoms with Crippen LogP contribution < -0.4 is 14.8 Å². The van der Waals surface area contributed by atoms with Gasteiger partial charge in [-0.05, 0) is 37.5 Å². The first-order valence-electron chi connectivity index (χ1n) is 8.30. The predicted octanol–water partition coefficient (Wildman–Crippen LogP) is 2.01. The third kappa shape index (κ3) is 4.63. The number of benzene rings is 1. The van der Waals surface area contributed by atoms with Gasteiger partial charge in [0.15, 0.2) is 11.5 Å². The van der Waals surface area contributed by atoms with Gasteiger partial charge in [-0.3, -0.25) is 9.59 Å². The Morgan fingerprint density at radius 1 is 1.20 bits per heavy atom. The Labute approximate surface area is 147 Å². The van der Waals surface area contributed by atoms with Crippen molar-refractivity contribution < 1.29 is 28.9 Å². The largest absolute Gasteiger partial charge is 0.493 e. The average Bonchev–Trinajstić information content (AvgIpc) is 2.53. The van der Waals surface area contributed by atoms with Crippen LogP contribution >= 0.6 is 0 Å². The quantitative estimate of drug-likeness (QED) is 0.661. The zero-order valence-corrected chi connectivity index (χ0v) is 14.8. The molecule has 1 amide bonds. The van der Waals surface area contributed by atoms with E-state index in [4.69, 9.17) is 19.3 Å². The summed E-state index contributed by atoms with van der Waals surface area (Å²) in [5.41, 5.74) is 0.857. The molecule has 1 aliphatic carbocycles. The van der Waals surface area contributed by atoms with Gasteiger partial charge in [-0.15, -0.1) is 0 Å². The minimum absolute atomic E-state index is 0.217.